The lowest BCUT2D eigenvalue weighted by Gasteiger charge is -2.33. The van der Waals surface area contributed by atoms with E-state index in [2.05, 4.69) is 28.1 Å². The molecule has 1 aromatic carbocycles. The first-order chi connectivity index (χ1) is 13.6. The number of ether oxygens (including phenoxy) is 1. The van der Waals surface area contributed by atoms with Gasteiger partial charge in [0.25, 0.3) is 0 Å². The van der Waals surface area contributed by atoms with E-state index in [0.29, 0.717) is 13.0 Å². The zero-order chi connectivity index (χ0) is 19.3. The highest BCUT2D eigenvalue weighted by Crippen LogP contribution is 2.51. The van der Waals surface area contributed by atoms with E-state index >= 15 is 0 Å². The fraction of sp³-hybridized carbons (Fsp3) is 0.455. The Morgan fingerprint density at radius 1 is 1.21 bits per heavy atom. The molecule has 4 heterocycles. The van der Waals surface area contributed by atoms with E-state index in [-0.39, 0.29) is 18.0 Å². The highest BCUT2D eigenvalue weighted by Gasteiger charge is 2.64. The van der Waals surface area contributed by atoms with Crippen LogP contribution in [0.3, 0.4) is 0 Å². The second-order valence-electron chi connectivity index (χ2n) is 8.21. The van der Waals surface area contributed by atoms with Crippen LogP contribution in [0.4, 0.5) is 5.82 Å². The molecule has 1 amide bonds. The van der Waals surface area contributed by atoms with E-state index < -0.39 is 5.72 Å². The Bertz CT molecular complexity index is 870. The van der Waals surface area contributed by atoms with Crippen LogP contribution in [0, 0.1) is 0 Å². The maximum atomic E-state index is 13.0. The molecule has 0 radical (unpaired) electrons. The molecule has 3 atom stereocenters. The average molecular weight is 378 g/mol. The number of rotatable bonds is 4. The van der Waals surface area contributed by atoms with Crippen molar-refractivity contribution in [3.63, 3.8) is 0 Å². The molecule has 3 aliphatic rings. The number of benzene rings is 1. The van der Waals surface area contributed by atoms with Crippen molar-refractivity contribution in [2.24, 2.45) is 0 Å². The number of anilines is 1. The number of hydrogen-bond acceptors (Lipinski definition) is 5. The number of carbonyl (C=O) groups is 1. The fourth-order valence-corrected chi connectivity index (χ4v) is 5.05. The van der Waals surface area contributed by atoms with Crippen LogP contribution in [-0.2, 0) is 16.1 Å². The number of hydrogen-bond donors (Lipinski definition) is 0. The molecule has 0 aliphatic carbocycles. The second-order valence-corrected chi connectivity index (χ2v) is 8.21. The quantitative estimate of drug-likeness (QED) is 0.818. The summed E-state index contributed by atoms with van der Waals surface area (Å²) in [7, 11) is 3.98. The number of pyridine rings is 1. The molecule has 6 heteroatoms. The van der Waals surface area contributed by atoms with Crippen LogP contribution >= 0.6 is 0 Å². The van der Waals surface area contributed by atoms with Gasteiger partial charge in [-0.15, -0.1) is 0 Å². The molecule has 1 aromatic heterocycles. The van der Waals surface area contributed by atoms with Crippen LogP contribution in [0.1, 0.15) is 30.0 Å². The zero-order valence-electron chi connectivity index (χ0n) is 16.4. The molecular formula is C22H26N4O2. The highest BCUT2D eigenvalue weighted by atomic mass is 16.5. The number of carbonyl (C=O) groups excluding carboxylic acids is 1. The minimum absolute atomic E-state index is 0.0275. The molecule has 0 N–H and O–H groups in total. The number of likely N-dealkylation sites (tertiary alicyclic amines) is 1. The van der Waals surface area contributed by atoms with Crippen molar-refractivity contribution >= 4 is 11.7 Å². The Morgan fingerprint density at radius 3 is 2.75 bits per heavy atom. The van der Waals surface area contributed by atoms with Gasteiger partial charge in [0.1, 0.15) is 5.82 Å². The third-order valence-corrected chi connectivity index (χ3v) is 6.40. The highest BCUT2D eigenvalue weighted by molar-refractivity contribution is 5.82. The minimum atomic E-state index is -0.464. The van der Waals surface area contributed by atoms with Crippen molar-refractivity contribution in [3.8, 4) is 0 Å². The summed E-state index contributed by atoms with van der Waals surface area (Å²) in [5.74, 6) is 1.16. The molecule has 3 aliphatic heterocycles. The van der Waals surface area contributed by atoms with Gasteiger partial charge in [0.15, 0.2) is 5.72 Å². The van der Waals surface area contributed by atoms with Crippen LogP contribution < -0.4 is 4.90 Å². The Morgan fingerprint density at radius 2 is 2.04 bits per heavy atom. The summed E-state index contributed by atoms with van der Waals surface area (Å²) in [5, 5.41) is 0. The van der Waals surface area contributed by atoms with Crippen molar-refractivity contribution < 1.29 is 9.53 Å². The minimum Gasteiger partial charge on any atom is -0.363 e. The largest absolute Gasteiger partial charge is 0.363 e. The van der Waals surface area contributed by atoms with E-state index in [0.717, 1.165) is 30.9 Å². The van der Waals surface area contributed by atoms with E-state index in [4.69, 9.17) is 4.74 Å². The van der Waals surface area contributed by atoms with Gasteiger partial charge in [0.2, 0.25) is 5.91 Å². The van der Waals surface area contributed by atoms with Crippen LogP contribution in [0.2, 0.25) is 0 Å². The lowest BCUT2D eigenvalue weighted by atomic mass is 10.0. The third kappa shape index (κ3) is 2.63. The summed E-state index contributed by atoms with van der Waals surface area (Å²) < 4.78 is 6.39. The predicted octanol–water partition coefficient (Wildman–Crippen LogP) is 2.42. The van der Waals surface area contributed by atoms with E-state index in [1.54, 1.807) is 0 Å². The van der Waals surface area contributed by atoms with E-state index in [1.807, 2.05) is 54.4 Å². The zero-order valence-corrected chi connectivity index (χ0v) is 16.4. The van der Waals surface area contributed by atoms with Crippen molar-refractivity contribution in [1.29, 1.82) is 0 Å². The first kappa shape index (κ1) is 17.6. The molecular weight excluding hydrogens is 352 g/mol. The lowest BCUT2D eigenvalue weighted by molar-refractivity contribution is -0.138. The monoisotopic (exact) mass is 378 g/mol. The molecule has 0 unspecified atom stereocenters. The molecule has 146 valence electrons. The molecule has 0 bridgehead atoms. The Hall–Kier alpha value is -2.44. The van der Waals surface area contributed by atoms with Crippen LogP contribution in [-0.4, -0.2) is 59.7 Å². The number of amides is 1. The summed E-state index contributed by atoms with van der Waals surface area (Å²) in [6.45, 7) is 2.32. The predicted molar refractivity (Wildman–Crippen MR) is 107 cm³/mol. The van der Waals surface area contributed by atoms with Gasteiger partial charge in [-0.25, -0.2) is 4.98 Å². The van der Waals surface area contributed by atoms with Crippen molar-refractivity contribution in [2.75, 3.05) is 32.1 Å². The standard InChI is InChI=1S/C22H26N4O2/c1-24(2)20-9-8-16(13-23-20)14-25-11-10-22-19(25)12-21(27)26(22)18(15-28-22)17-6-4-3-5-7-17/h3-9,13,18-19H,10-12,14-15H2,1-2H3/t18-,19+,22-/m0/s1. The first-order valence-electron chi connectivity index (χ1n) is 9.96. The Kier molecular flexibility index (Phi) is 4.14. The van der Waals surface area contributed by atoms with Gasteiger partial charge in [0.05, 0.1) is 18.7 Å². The Labute approximate surface area is 165 Å². The molecule has 3 fully saturated rings. The molecule has 28 heavy (non-hydrogen) atoms. The van der Waals surface area contributed by atoms with Gasteiger partial charge in [-0.2, -0.15) is 0 Å². The van der Waals surface area contributed by atoms with E-state index in [1.165, 1.54) is 5.56 Å². The van der Waals surface area contributed by atoms with E-state index in [9.17, 15) is 4.79 Å². The summed E-state index contributed by atoms with van der Waals surface area (Å²) >= 11 is 0. The van der Waals surface area contributed by atoms with Gasteiger partial charge in [-0.05, 0) is 17.2 Å². The molecule has 1 spiro atoms. The van der Waals surface area contributed by atoms with Gasteiger partial charge in [-0.1, -0.05) is 36.4 Å². The summed E-state index contributed by atoms with van der Waals surface area (Å²) in [4.78, 5) is 23.9. The topological polar surface area (TPSA) is 48.9 Å². The molecule has 2 aromatic rings. The summed E-state index contributed by atoms with van der Waals surface area (Å²) in [5.41, 5.74) is 1.87. The van der Waals surface area contributed by atoms with Gasteiger partial charge < -0.3 is 14.5 Å². The third-order valence-electron chi connectivity index (χ3n) is 6.40. The fourth-order valence-electron chi connectivity index (χ4n) is 5.05. The summed E-state index contributed by atoms with van der Waals surface area (Å²) in [6, 6.07) is 14.6. The van der Waals surface area contributed by atoms with Crippen molar-refractivity contribution in [3.05, 3.63) is 59.8 Å². The van der Waals surface area contributed by atoms with Crippen molar-refractivity contribution in [2.45, 2.75) is 37.2 Å². The molecule has 6 nitrogen and oxygen atoms in total. The van der Waals surface area contributed by atoms with Crippen LogP contribution in [0.25, 0.3) is 0 Å². The molecule has 3 saturated heterocycles. The van der Waals surface area contributed by atoms with Crippen LogP contribution in [0.15, 0.2) is 48.7 Å². The SMILES string of the molecule is CN(C)c1ccc(CN2CC[C@@]34OC[C@@H](c5ccccc5)N3C(=O)C[C@@H]24)cn1. The molecule has 0 saturated carbocycles. The van der Waals surface area contributed by atoms with Gasteiger partial charge in [0, 0.05) is 46.2 Å². The maximum absolute atomic E-state index is 13.0. The number of nitrogens with zero attached hydrogens (tertiary/aromatic N) is 4. The van der Waals surface area contributed by atoms with Crippen LogP contribution in [0.5, 0.6) is 0 Å². The second kappa shape index (κ2) is 6.57. The average Bonchev–Trinajstić information content (AvgIpc) is 3.33. The van der Waals surface area contributed by atoms with Crippen molar-refractivity contribution in [1.82, 2.24) is 14.8 Å². The number of aromatic nitrogens is 1. The normalized spacial score (nSPS) is 29.2. The Balaban J connectivity index is 1.37. The maximum Gasteiger partial charge on any atom is 0.227 e. The lowest BCUT2D eigenvalue weighted by Crippen LogP contribution is -2.48. The first-order valence-corrected chi connectivity index (χ1v) is 9.96. The summed E-state index contributed by atoms with van der Waals surface area (Å²) in [6.07, 6.45) is 3.35. The smallest absolute Gasteiger partial charge is 0.227 e. The van der Waals surface area contributed by atoms with Gasteiger partial charge in [-0.3, -0.25) is 9.69 Å². The molecule has 5 rings (SSSR count). The van der Waals surface area contributed by atoms with Gasteiger partial charge >= 0.3 is 0 Å².